The molecule has 1 saturated carbocycles. The molecule has 0 aliphatic heterocycles. The second-order valence-corrected chi connectivity index (χ2v) is 12.3. The third-order valence-electron chi connectivity index (χ3n) is 9.98. The number of nitrogens with two attached hydrogens (primary N) is 1. The molecule has 0 spiro atoms. The Labute approximate surface area is 287 Å². The van der Waals surface area contributed by atoms with Crippen molar-refractivity contribution in [2.24, 2.45) is 11.1 Å². The highest BCUT2D eigenvalue weighted by atomic mass is 16.5. The van der Waals surface area contributed by atoms with Crippen molar-refractivity contribution in [3.05, 3.63) is 119 Å². The van der Waals surface area contributed by atoms with Crippen molar-refractivity contribution >= 4 is 11.8 Å². The molecule has 0 bridgehead atoms. The summed E-state index contributed by atoms with van der Waals surface area (Å²) in [6.45, 7) is 3.35. The summed E-state index contributed by atoms with van der Waals surface area (Å²) in [6.07, 6.45) is 0.446. The van der Waals surface area contributed by atoms with E-state index in [2.05, 4.69) is 0 Å². The zero-order valence-corrected chi connectivity index (χ0v) is 28.7. The Morgan fingerprint density at radius 1 is 0.612 bits per heavy atom. The maximum atomic E-state index is 15.1. The molecule has 4 aromatic carbocycles. The van der Waals surface area contributed by atoms with Gasteiger partial charge in [-0.25, -0.2) is 0 Å². The summed E-state index contributed by atoms with van der Waals surface area (Å²) < 4.78 is 23.0. The van der Waals surface area contributed by atoms with Gasteiger partial charge in [0.2, 0.25) is 11.8 Å². The van der Waals surface area contributed by atoms with Gasteiger partial charge in [0.25, 0.3) is 0 Å². The van der Waals surface area contributed by atoms with E-state index in [0.717, 1.165) is 0 Å². The Morgan fingerprint density at radius 2 is 0.878 bits per heavy atom. The van der Waals surface area contributed by atoms with Gasteiger partial charge in [-0.15, -0.1) is 0 Å². The van der Waals surface area contributed by atoms with Crippen molar-refractivity contribution in [2.45, 2.75) is 50.0 Å². The van der Waals surface area contributed by atoms with Gasteiger partial charge < -0.3 is 39.8 Å². The molecule has 2 atom stereocenters. The number of para-hydroxylation sites is 4. The molecule has 10 nitrogen and oxygen atoms in total. The molecule has 0 aromatic heterocycles. The summed E-state index contributed by atoms with van der Waals surface area (Å²) in [7, 11) is 5.97. The Hall–Kier alpha value is -5.06. The second kappa shape index (κ2) is 13.8. The van der Waals surface area contributed by atoms with Gasteiger partial charge >= 0.3 is 0 Å². The molecule has 0 heterocycles. The minimum Gasteiger partial charge on any atom is -0.496 e. The summed E-state index contributed by atoms with van der Waals surface area (Å²) >= 11 is 0. The number of amides is 2. The lowest BCUT2D eigenvalue weighted by atomic mass is 9.74. The van der Waals surface area contributed by atoms with E-state index in [4.69, 9.17) is 24.7 Å². The fourth-order valence-electron chi connectivity index (χ4n) is 7.06. The van der Waals surface area contributed by atoms with Crippen LogP contribution in [0.5, 0.6) is 23.0 Å². The molecule has 2 unspecified atom stereocenters. The number of hydrogen-bond acceptors (Lipinski definition) is 8. The van der Waals surface area contributed by atoms with Gasteiger partial charge in [-0.1, -0.05) is 72.8 Å². The standard InChI is InChI=1S/C39H44N2O8/c1-25(38(44,27-15-7-11-19-31(27)46-3)28-16-8-12-20-32(28)47-4)41(36(43)37(23-24-37)35(40)42)26(2)39(45,29-17-9-13-21-33(29)48-5)30-18-10-14-22-34(30)49-6/h7-22,25-26,44-45H,23-24H2,1-6H3,(H2,40,42). The van der Waals surface area contributed by atoms with E-state index < -0.39 is 40.5 Å². The molecule has 4 N–H and O–H groups in total. The normalized spacial score (nSPS) is 15.0. The van der Waals surface area contributed by atoms with Crippen molar-refractivity contribution in [1.29, 1.82) is 0 Å². The predicted octanol–water partition coefficient (Wildman–Crippen LogP) is 4.76. The van der Waals surface area contributed by atoms with Crippen LogP contribution in [0.2, 0.25) is 0 Å². The number of hydrogen-bond donors (Lipinski definition) is 3. The van der Waals surface area contributed by atoms with E-state index in [-0.39, 0.29) is 12.8 Å². The average molecular weight is 669 g/mol. The topological polar surface area (TPSA) is 141 Å². The van der Waals surface area contributed by atoms with Crippen LogP contribution in [0.15, 0.2) is 97.1 Å². The third kappa shape index (κ3) is 5.74. The Kier molecular flexibility index (Phi) is 9.94. The molecule has 0 saturated heterocycles. The Bertz CT molecular complexity index is 1610. The van der Waals surface area contributed by atoms with Crippen LogP contribution in [0, 0.1) is 5.41 Å². The Balaban J connectivity index is 1.87. The first-order chi connectivity index (χ1) is 23.5. The van der Waals surface area contributed by atoms with Gasteiger partial charge in [0.15, 0.2) is 0 Å². The van der Waals surface area contributed by atoms with Gasteiger partial charge in [0, 0.05) is 22.3 Å². The van der Waals surface area contributed by atoms with Crippen LogP contribution in [0.25, 0.3) is 0 Å². The maximum Gasteiger partial charge on any atom is 0.238 e. The van der Waals surface area contributed by atoms with Crippen molar-refractivity contribution in [2.75, 3.05) is 28.4 Å². The first kappa shape index (κ1) is 35.3. The molecule has 1 aliphatic carbocycles. The van der Waals surface area contributed by atoms with Crippen LogP contribution in [0.3, 0.4) is 0 Å². The molecule has 258 valence electrons. The lowest BCUT2D eigenvalue weighted by Crippen LogP contribution is -2.63. The summed E-state index contributed by atoms with van der Waals surface area (Å²) in [5.74, 6) is -0.0103. The van der Waals surface area contributed by atoms with Crippen LogP contribution < -0.4 is 24.7 Å². The number of aliphatic hydroxyl groups is 2. The quantitative estimate of drug-likeness (QED) is 0.163. The van der Waals surface area contributed by atoms with Gasteiger partial charge in [-0.05, 0) is 51.0 Å². The second-order valence-electron chi connectivity index (χ2n) is 12.3. The zero-order valence-electron chi connectivity index (χ0n) is 28.7. The van der Waals surface area contributed by atoms with Crippen LogP contribution in [-0.4, -0.2) is 67.5 Å². The molecule has 1 aliphatic rings. The summed E-state index contributed by atoms with van der Waals surface area (Å²) in [6, 6.07) is 25.4. The highest BCUT2D eigenvalue weighted by Gasteiger charge is 2.62. The van der Waals surface area contributed by atoms with Crippen molar-refractivity contribution in [3.8, 4) is 23.0 Å². The van der Waals surface area contributed by atoms with E-state index in [0.29, 0.717) is 45.3 Å². The third-order valence-corrected chi connectivity index (χ3v) is 9.98. The number of carbonyl (C=O) groups is 2. The SMILES string of the molecule is COc1ccccc1C(O)(c1ccccc1OC)C(C)N(C(=O)C1(C(N)=O)CC1)C(C)C(O)(c1ccccc1OC)c1ccccc1OC. The number of rotatable bonds is 14. The molecule has 4 aromatic rings. The number of carbonyl (C=O) groups excluding carboxylic acids is 2. The zero-order chi connectivity index (χ0) is 35.6. The Morgan fingerprint density at radius 3 is 1.10 bits per heavy atom. The van der Waals surface area contributed by atoms with Crippen LogP contribution >= 0.6 is 0 Å². The molecule has 2 amide bonds. The van der Waals surface area contributed by atoms with E-state index >= 15 is 4.79 Å². The number of primary amides is 1. The highest BCUT2D eigenvalue weighted by Crippen LogP contribution is 2.53. The van der Waals surface area contributed by atoms with Crippen molar-refractivity contribution < 1.29 is 38.7 Å². The lowest BCUT2D eigenvalue weighted by molar-refractivity contribution is -0.159. The van der Waals surface area contributed by atoms with Crippen molar-refractivity contribution in [3.63, 3.8) is 0 Å². The fraction of sp³-hybridized carbons (Fsp3) is 0.333. The first-order valence-corrected chi connectivity index (χ1v) is 16.1. The van der Waals surface area contributed by atoms with E-state index in [1.807, 2.05) is 0 Å². The van der Waals surface area contributed by atoms with Gasteiger partial charge in [0.1, 0.15) is 39.6 Å². The van der Waals surface area contributed by atoms with Crippen LogP contribution in [0.1, 0.15) is 48.9 Å². The molecular weight excluding hydrogens is 624 g/mol. The van der Waals surface area contributed by atoms with E-state index in [9.17, 15) is 15.0 Å². The largest absolute Gasteiger partial charge is 0.496 e. The molecule has 1 fully saturated rings. The summed E-state index contributed by atoms with van der Waals surface area (Å²) in [5, 5.41) is 26.7. The maximum absolute atomic E-state index is 15.1. The van der Waals surface area contributed by atoms with Gasteiger partial charge in [-0.2, -0.15) is 0 Å². The summed E-state index contributed by atoms with van der Waals surface area (Å²) in [5.41, 5.74) is 1.67. The fourth-order valence-corrected chi connectivity index (χ4v) is 7.06. The molecule has 10 heteroatoms. The smallest absolute Gasteiger partial charge is 0.238 e. The van der Waals surface area contributed by atoms with Crippen molar-refractivity contribution in [1.82, 2.24) is 4.90 Å². The molecular formula is C39H44N2O8. The molecule has 49 heavy (non-hydrogen) atoms. The van der Waals surface area contributed by atoms with Gasteiger partial charge in [-0.3, -0.25) is 9.59 Å². The van der Waals surface area contributed by atoms with Crippen LogP contribution in [0.4, 0.5) is 0 Å². The average Bonchev–Trinajstić information content (AvgIpc) is 3.96. The minimum absolute atomic E-state index is 0.223. The molecule has 5 rings (SSSR count). The summed E-state index contributed by atoms with van der Waals surface area (Å²) in [4.78, 5) is 29.5. The number of methoxy groups -OCH3 is 4. The highest BCUT2D eigenvalue weighted by molar-refractivity contribution is 6.07. The minimum atomic E-state index is -2.03. The number of benzene rings is 4. The monoisotopic (exact) mass is 668 g/mol. The lowest BCUT2D eigenvalue weighted by Gasteiger charge is -2.50. The van der Waals surface area contributed by atoms with Gasteiger partial charge in [0.05, 0.1) is 40.5 Å². The predicted molar refractivity (Wildman–Crippen MR) is 185 cm³/mol. The van der Waals surface area contributed by atoms with Crippen LogP contribution in [-0.2, 0) is 20.8 Å². The van der Waals surface area contributed by atoms with E-state index in [1.165, 1.54) is 33.3 Å². The number of nitrogens with zero attached hydrogens (tertiary/aromatic N) is 1. The first-order valence-electron chi connectivity index (χ1n) is 16.1. The number of ether oxygens (including phenoxy) is 4. The van der Waals surface area contributed by atoms with E-state index in [1.54, 1.807) is 111 Å². The molecule has 0 radical (unpaired) electrons.